The molecule has 0 spiro atoms. The van der Waals surface area contributed by atoms with Crippen LogP contribution >= 0.6 is 27.3 Å². The van der Waals surface area contributed by atoms with E-state index in [-0.39, 0.29) is 0 Å². The van der Waals surface area contributed by atoms with Gasteiger partial charge in [-0.05, 0) is 41.9 Å². The normalized spacial score (nSPS) is 10.5. The Bertz CT molecular complexity index is 538. The Morgan fingerprint density at radius 3 is 2.76 bits per heavy atom. The van der Waals surface area contributed by atoms with Gasteiger partial charge in [0.2, 0.25) is 0 Å². The molecule has 4 nitrogen and oxygen atoms in total. The van der Waals surface area contributed by atoms with Gasteiger partial charge in [0.15, 0.2) is 0 Å². The molecule has 90 valence electrons. The Morgan fingerprint density at radius 2 is 2.12 bits per heavy atom. The monoisotopic (exact) mass is 312 g/mol. The van der Waals surface area contributed by atoms with Crippen molar-refractivity contribution >= 4 is 38.9 Å². The highest BCUT2D eigenvalue weighted by Crippen LogP contribution is 2.23. The highest BCUT2D eigenvalue weighted by molar-refractivity contribution is 9.11. The maximum atomic E-state index is 5.80. The summed E-state index contributed by atoms with van der Waals surface area (Å²) >= 11 is 5.14. The van der Waals surface area contributed by atoms with Gasteiger partial charge >= 0.3 is 0 Å². The van der Waals surface area contributed by atoms with Gasteiger partial charge < -0.3 is 11.1 Å². The average Bonchev–Trinajstić information content (AvgIpc) is 2.67. The predicted molar refractivity (Wildman–Crippen MR) is 75.3 cm³/mol. The van der Waals surface area contributed by atoms with Gasteiger partial charge in [-0.2, -0.15) is 0 Å². The zero-order chi connectivity index (χ0) is 12.4. The number of anilines is 2. The van der Waals surface area contributed by atoms with Crippen LogP contribution in [0.15, 0.2) is 15.9 Å². The molecule has 0 unspecified atom stereocenters. The standard InChI is InChI=1S/C11H13BrN4S/c1-6-10(13)15-7(2)16-11(6)14-5-8-3-4-9(12)17-8/h3-4H,5H2,1-2H3,(H3,13,14,15,16). The molecule has 0 aliphatic carbocycles. The van der Waals surface area contributed by atoms with Crippen molar-refractivity contribution < 1.29 is 0 Å². The number of nitrogens with zero attached hydrogens (tertiary/aromatic N) is 2. The second kappa shape index (κ2) is 5.01. The number of nitrogens with two attached hydrogens (primary N) is 1. The van der Waals surface area contributed by atoms with E-state index in [1.807, 2.05) is 19.9 Å². The van der Waals surface area contributed by atoms with Crippen LogP contribution in [0.2, 0.25) is 0 Å². The number of hydrogen-bond donors (Lipinski definition) is 2. The van der Waals surface area contributed by atoms with E-state index in [1.165, 1.54) is 4.88 Å². The predicted octanol–water partition coefficient (Wildman–Crippen LogP) is 3.11. The number of nitrogens with one attached hydrogen (secondary N) is 1. The lowest BCUT2D eigenvalue weighted by Crippen LogP contribution is -2.07. The fraction of sp³-hybridized carbons (Fsp3) is 0.273. The van der Waals surface area contributed by atoms with Gasteiger partial charge in [0, 0.05) is 10.4 Å². The first-order valence-corrected chi connectivity index (χ1v) is 6.76. The second-order valence-electron chi connectivity index (χ2n) is 3.69. The van der Waals surface area contributed by atoms with E-state index in [2.05, 4.69) is 37.3 Å². The van der Waals surface area contributed by atoms with Crippen LogP contribution in [-0.2, 0) is 6.54 Å². The Balaban J connectivity index is 2.14. The molecule has 2 aromatic heterocycles. The first-order valence-electron chi connectivity index (χ1n) is 5.15. The maximum Gasteiger partial charge on any atom is 0.135 e. The summed E-state index contributed by atoms with van der Waals surface area (Å²) in [7, 11) is 0. The Kier molecular flexibility index (Phi) is 3.63. The van der Waals surface area contributed by atoms with Gasteiger partial charge in [0.05, 0.1) is 10.3 Å². The molecule has 0 atom stereocenters. The summed E-state index contributed by atoms with van der Waals surface area (Å²) in [5.41, 5.74) is 6.69. The number of hydrogen-bond acceptors (Lipinski definition) is 5. The van der Waals surface area contributed by atoms with Crippen LogP contribution in [0.4, 0.5) is 11.6 Å². The van der Waals surface area contributed by atoms with Crippen molar-refractivity contribution in [2.24, 2.45) is 0 Å². The van der Waals surface area contributed by atoms with Crippen LogP contribution in [0.3, 0.4) is 0 Å². The van der Waals surface area contributed by atoms with Crippen LogP contribution in [0, 0.1) is 13.8 Å². The molecule has 0 fully saturated rings. The topological polar surface area (TPSA) is 63.8 Å². The van der Waals surface area contributed by atoms with Crippen LogP contribution in [0.5, 0.6) is 0 Å². The van der Waals surface area contributed by atoms with Crippen molar-refractivity contribution in [1.29, 1.82) is 0 Å². The summed E-state index contributed by atoms with van der Waals surface area (Å²) in [6.45, 7) is 4.50. The van der Waals surface area contributed by atoms with Crippen molar-refractivity contribution in [3.05, 3.63) is 32.2 Å². The third-order valence-electron chi connectivity index (χ3n) is 2.35. The van der Waals surface area contributed by atoms with Crippen LogP contribution in [0.25, 0.3) is 0 Å². The molecule has 2 aromatic rings. The minimum absolute atomic E-state index is 0.535. The fourth-order valence-electron chi connectivity index (χ4n) is 1.44. The van der Waals surface area contributed by atoms with Gasteiger partial charge in [-0.15, -0.1) is 11.3 Å². The van der Waals surface area contributed by atoms with E-state index in [1.54, 1.807) is 11.3 Å². The number of aromatic nitrogens is 2. The molecule has 0 saturated heterocycles. The molecule has 6 heteroatoms. The van der Waals surface area contributed by atoms with E-state index in [9.17, 15) is 0 Å². The molecule has 0 radical (unpaired) electrons. The number of nitrogen functional groups attached to an aromatic ring is 1. The number of thiophene rings is 1. The van der Waals surface area contributed by atoms with E-state index in [0.717, 1.165) is 21.7 Å². The molecule has 0 saturated carbocycles. The SMILES string of the molecule is Cc1nc(N)c(C)c(NCc2ccc(Br)s2)n1. The van der Waals surface area contributed by atoms with E-state index >= 15 is 0 Å². The Labute approximate surface area is 112 Å². The summed E-state index contributed by atoms with van der Waals surface area (Å²) in [4.78, 5) is 9.70. The first-order chi connectivity index (χ1) is 8.06. The summed E-state index contributed by atoms with van der Waals surface area (Å²) in [5.74, 6) is 2.02. The summed E-state index contributed by atoms with van der Waals surface area (Å²) in [6, 6.07) is 4.11. The van der Waals surface area contributed by atoms with Crippen LogP contribution in [-0.4, -0.2) is 9.97 Å². The quantitative estimate of drug-likeness (QED) is 0.914. The Morgan fingerprint density at radius 1 is 1.35 bits per heavy atom. The molecule has 0 bridgehead atoms. The zero-order valence-electron chi connectivity index (χ0n) is 9.62. The lowest BCUT2D eigenvalue weighted by atomic mass is 10.3. The molecule has 0 aliphatic heterocycles. The van der Waals surface area contributed by atoms with Crippen molar-refractivity contribution in [2.75, 3.05) is 11.1 Å². The smallest absolute Gasteiger partial charge is 0.135 e. The summed E-state index contributed by atoms with van der Waals surface area (Å²) < 4.78 is 1.13. The van der Waals surface area contributed by atoms with Crippen molar-refractivity contribution in [3.8, 4) is 0 Å². The third kappa shape index (κ3) is 2.95. The summed E-state index contributed by atoms with van der Waals surface area (Å²) in [6.07, 6.45) is 0. The fourth-order valence-corrected chi connectivity index (χ4v) is 2.86. The van der Waals surface area contributed by atoms with Crippen LogP contribution < -0.4 is 11.1 Å². The van der Waals surface area contributed by atoms with E-state index < -0.39 is 0 Å². The molecule has 2 rings (SSSR count). The lowest BCUT2D eigenvalue weighted by molar-refractivity contribution is 1.02. The molecule has 3 N–H and O–H groups in total. The molecular formula is C11H13BrN4S. The highest BCUT2D eigenvalue weighted by atomic mass is 79.9. The second-order valence-corrected chi connectivity index (χ2v) is 6.24. The third-order valence-corrected chi connectivity index (χ3v) is 3.98. The number of aryl methyl sites for hydroxylation is 1. The van der Waals surface area contributed by atoms with E-state index in [0.29, 0.717) is 11.6 Å². The highest BCUT2D eigenvalue weighted by Gasteiger charge is 2.06. The molecular weight excluding hydrogens is 300 g/mol. The molecule has 17 heavy (non-hydrogen) atoms. The minimum Gasteiger partial charge on any atom is -0.383 e. The molecule has 0 amide bonds. The Hall–Kier alpha value is -1.14. The minimum atomic E-state index is 0.535. The van der Waals surface area contributed by atoms with Crippen molar-refractivity contribution in [1.82, 2.24) is 9.97 Å². The van der Waals surface area contributed by atoms with Gasteiger partial charge in [0.1, 0.15) is 17.5 Å². The van der Waals surface area contributed by atoms with Gasteiger partial charge in [0.25, 0.3) is 0 Å². The molecule has 0 aromatic carbocycles. The lowest BCUT2D eigenvalue weighted by Gasteiger charge is -2.09. The average molecular weight is 313 g/mol. The summed E-state index contributed by atoms with van der Waals surface area (Å²) in [5, 5.41) is 3.28. The number of rotatable bonds is 3. The van der Waals surface area contributed by atoms with Gasteiger partial charge in [-0.3, -0.25) is 0 Å². The first kappa shape index (κ1) is 12.3. The zero-order valence-corrected chi connectivity index (χ0v) is 12.0. The van der Waals surface area contributed by atoms with Crippen molar-refractivity contribution in [3.63, 3.8) is 0 Å². The van der Waals surface area contributed by atoms with Gasteiger partial charge in [-0.25, -0.2) is 9.97 Å². The van der Waals surface area contributed by atoms with Crippen LogP contribution in [0.1, 0.15) is 16.3 Å². The van der Waals surface area contributed by atoms with Crippen molar-refractivity contribution in [2.45, 2.75) is 20.4 Å². The largest absolute Gasteiger partial charge is 0.383 e. The van der Waals surface area contributed by atoms with E-state index in [4.69, 9.17) is 5.73 Å². The maximum absolute atomic E-state index is 5.80. The molecule has 0 aliphatic rings. The molecule has 2 heterocycles. The van der Waals surface area contributed by atoms with Gasteiger partial charge in [-0.1, -0.05) is 0 Å². The number of halogens is 1.